The average Bonchev–Trinajstić information content (AvgIpc) is 2.21. The van der Waals surface area contributed by atoms with E-state index in [1.165, 1.54) is 0 Å². The van der Waals surface area contributed by atoms with Crippen LogP contribution in [0, 0.1) is 11.6 Å². The van der Waals surface area contributed by atoms with Gasteiger partial charge in [-0.1, -0.05) is 13.8 Å². The van der Waals surface area contributed by atoms with E-state index in [-0.39, 0.29) is 11.3 Å². The molecular weight excluding hydrogens is 198 g/mol. The first-order chi connectivity index (χ1) is 7.06. The molecule has 0 heterocycles. The van der Waals surface area contributed by atoms with Crippen molar-refractivity contribution in [3.8, 4) is 0 Å². The first-order valence-electron chi connectivity index (χ1n) is 5.04. The molecule has 0 saturated carbocycles. The molecule has 1 atom stereocenters. The first-order valence-corrected chi connectivity index (χ1v) is 5.04. The molecule has 1 aromatic rings. The third-order valence-corrected chi connectivity index (χ3v) is 2.40. The molecule has 0 radical (unpaired) electrons. The van der Waals surface area contributed by atoms with Gasteiger partial charge in [0.15, 0.2) is 0 Å². The zero-order valence-corrected chi connectivity index (χ0v) is 8.89. The van der Waals surface area contributed by atoms with Gasteiger partial charge in [0.1, 0.15) is 17.4 Å². The van der Waals surface area contributed by atoms with E-state index in [4.69, 9.17) is 0 Å². The summed E-state index contributed by atoms with van der Waals surface area (Å²) in [5.74, 6) is -1.65. The van der Waals surface area contributed by atoms with Crippen molar-refractivity contribution in [2.75, 3.05) is 0 Å². The topological polar surface area (TPSA) is 17.1 Å². The summed E-state index contributed by atoms with van der Waals surface area (Å²) in [5.41, 5.74) is 0.147. The predicted molar refractivity (Wildman–Crippen MR) is 54.7 cm³/mol. The number of hydrogen-bond donors (Lipinski definition) is 0. The van der Waals surface area contributed by atoms with E-state index in [0.717, 1.165) is 24.6 Å². The molecule has 1 unspecified atom stereocenters. The Morgan fingerprint density at radius 2 is 2.07 bits per heavy atom. The molecule has 0 aliphatic rings. The minimum absolute atomic E-state index is 0.0537. The van der Waals surface area contributed by atoms with E-state index in [1.807, 2.05) is 6.92 Å². The van der Waals surface area contributed by atoms with Crippen LogP contribution in [0.2, 0.25) is 0 Å². The molecule has 0 bridgehead atoms. The van der Waals surface area contributed by atoms with Gasteiger partial charge in [0, 0.05) is 17.9 Å². The molecule has 0 amide bonds. The number of carbonyl (C=O) groups excluding carboxylic acids is 1. The lowest BCUT2D eigenvalue weighted by Gasteiger charge is -2.11. The van der Waals surface area contributed by atoms with Crippen molar-refractivity contribution in [1.82, 2.24) is 0 Å². The second kappa shape index (κ2) is 5.01. The maximum atomic E-state index is 13.3. The molecule has 0 fully saturated rings. The highest BCUT2D eigenvalue weighted by Crippen LogP contribution is 2.22. The van der Waals surface area contributed by atoms with Crippen LogP contribution in [-0.2, 0) is 4.79 Å². The van der Waals surface area contributed by atoms with E-state index in [1.54, 1.807) is 6.92 Å². The summed E-state index contributed by atoms with van der Waals surface area (Å²) in [6.45, 7) is 3.49. The Hall–Kier alpha value is -1.25. The number of benzene rings is 1. The quantitative estimate of drug-likeness (QED) is 0.747. The zero-order chi connectivity index (χ0) is 11.4. The fourth-order valence-corrected chi connectivity index (χ4v) is 1.48. The predicted octanol–water partition coefficient (Wildman–Crippen LogP) is 3.44. The molecule has 0 saturated heterocycles. The van der Waals surface area contributed by atoms with Crippen LogP contribution in [0.4, 0.5) is 8.78 Å². The van der Waals surface area contributed by atoms with Gasteiger partial charge in [-0.05, 0) is 24.6 Å². The second-order valence-electron chi connectivity index (χ2n) is 3.60. The van der Waals surface area contributed by atoms with E-state index in [2.05, 4.69) is 0 Å². The Balaban J connectivity index is 2.94. The van der Waals surface area contributed by atoms with Gasteiger partial charge in [-0.25, -0.2) is 8.78 Å². The number of Topliss-reactive ketones (excluding diaryl/α,β-unsaturated/α-hetero) is 1. The lowest BCUT2D eigenvalue weighted by atomic mass is 9.94. The van der Waals surface area contributed by atoms with Crippen LogP contribution in [0.3, 0.4) is 0 Å². The van der Waals surface area contributed by atoms with Crippen molar-refractivity contribution in [2.45, 2.75) is 32.6 Å². The molecule has 0 N–H and O–H groups in total. The van der Waals surface area contributed by atoms with Gasteiger partial charge >= 0.3 is 0 Å². The highest BCUT2D eigenvalue weighted by Gasteiger charge is 2.18. The number of ketones is 1. The summed E-state index contributed by atoms with van der Waals surface area (Å²) in [6, 6.07) is 3.20. The first kappa shape index (κ1) is 11.8. The van der Waals surface area contributed by atoms with E-state index >= 15 is 0 Å². The fraction of sp³-hybridized carbons (Fsp3) is 0.417. The molecule has 0 spiro atoms. The van der Waals surface area contributed by atoms with E-state index < -0.39 is 17.6 Å². The highest BCUT2D eigenvalue weighted by atomic mass is 19.1. The van der Waals surface area contributed by atoms with Crippen molar-refractivity contribution < 1.29 is 13.6 Å². The maximum Gasteiger partial charge on any atom is 0.140 e. The fourth-order valence-electron chi connectivity index (χ4n) is 1.48. The summed E-state index contributed by atoms with van der Waals surface area (Å²) >= 11 is 0. The number of hydrogen-bond acceptors (Lipinski definition) is 1. The Kier molecular flexibility index (Phi) is 3.95. The number of carbonyl (C=O) groups is 1. The summed E-state index contributed by atoms with van der Waals surface area (Å²) in [7, 11) is 0. The number of halogens is 2. The molecule has 82 valence electrons. The maximum absolute atomic E-state index is 13.3. The van der Waals surface area contributed by atoms with Crippen LogP contribution < -0.4 is 0 Å². The van der Waals surface area contributed by atoms with Gasteiger partial charge in [-0.3, -0.25) is 4.79 Å². The van der Waals surface area contributed by atoms with Crippen LogP contribution in [0.5, 0.6) is 0 Å². The Morgan fingerprint density at radius 1 is 1.40 bits per heavy atom. The molecule has 1 rings (SSSR count). The molecule has 0 aliphatic heterocycles. The molecule has 0 aliphatic carbocycles. The monoisotopic (exact) mass is 212 g/mol. The summed E-state index contributed by atoms with van der Waals surface area (Å²) < 4.78 is 26.2. The van der Waals surface area contributed by atoms with E-state index in [9.17, 15) is 13.6 Å². The highest BCUT2D eigenvalue weighted by molar-refractivity contribution is 5.85. The minimum atomic E-state index is -0.569. The van der Waals surface area contributed by atoms with Crippen molar-refractivity contribution >= 4 is 5.78 Å². The van der Waals surface area contributed by atoms with Crippen molar-refractivity contribution in [3.63, 3.8) is 0 Å². The van der Waals surface area contributed by atoms with Gasteiger partial charge in [-0.2, -0.15) is 0 Å². The standard InChI is InChI=1S/C12H14F2O/c1-3-4-12(15)8(2)10-7-9(13)5-6-11(10)14/h5-8H,3-4H2,1-2H3. The lowest BCUT2D eigenvalue weighted by Crippen LogP contribution is -2.10. The van der Waals surface area contributed by atoms with Crippen LogP contribution in [-0.4, -0.2) is 5.78 Å². The van der Waals surface area contributed by atoms with Crippen LogP contribution >= 0.6 is 0 Å². The van der Waals surface area contributed by atoms with Crippen LogP contribution in [0.15, 0.2) is 18.2 Å². The van der Waals surface area contributed by atoms with E-state index in [0.29, 0.717) is 6.42 Å². The third-order valence-electron chi connectivity index (χ3n) is 2.40. The smallest absolute Gasteiger partial charge is 0.140 e. The minimum Gasteiger partial charge on any atom is -0.299 e. The zero-order valence-electron chi connectivity index (χ0n) is 8.89. The average molecular weight is 212 g/mol. The molecule has 0 aromatic heterocycles. The van der Waals surface area contributed by atoms with Crippen molar-refractivity contribution in [1.29, 1.82) is 0 Å². The second-order valence-corrected chi connectivity index (χ2v) is 3.60. The largest absolute Gasteiger partial charge is 0.299 e. The third kappa shape index (κ3) is 2.85. The SMILES string of the molecule is CCCC(=O)C(C)c1cc(F)ccc1F. The van der Waals surface area contributed by atoms with Gasteiger partial charge in [0.05, 0.1) is 0 Å². The normalized spacial score (nSPS) is 12.5. The molecule has 1 nitrogen and oxygen atoms in total. The Labute approximate surface area is 88.1 Å². The van der Waals surface area contributed by atoms with Crippen LogP contribution in [0.25, 0.3) is 0 Å². The van der Waals surface area contributed by atoms with Gasteiger partial charge in [-0.15, -0.1) is 0 Å². The van der Waals surface area contributed by atoms with Crippen molar-refractivity contribution in [2.24, 2.45) is 0 Å². The lowest BCUT2D eigenvalue weighted by molar-refractivity contribution is -0.120. The summed E-state index contributed by atoms with van der Waals surface area (Å²) in [5, 5.41) is 0. The van der Waals surface area contributed by atoms with Crippen LogP contribution in [0.1, 0.15) is 38.2 Å². The molecular formula is C12H14F2O. The van der Waals surface area contributed by atoms with Crippen molar-refractivity contribution in [3.05, 3.63) is 35.4 Å². The van der Waals surface area contributed by atoms with Gasteiger partial charge in [0.2, 0.25) is 0 Å². The molecule has 15 heavy (non-hydrogen) atoms. The van der Waals surface area contributed by atoms with Gasteiger partial charge < -0.3 is 0 Å². The number of rotatable bonds is 4. The summed E-state index contributed by atoms with van der Waals surface area (Å²) in [4.78, 5) is 11.5. The van der Waals surface area contributed by atoms with Gasteiger partial charge in [0.25, 0.3) is 0 Å². The molecule has 1 aromatic carbocycles. The Morgan fingerprint density at radius 3 is 2.67 bits per heavy atom. The Bertz CT molecular complexity index is 361. The molecule has 3 heteroatoms. The summed E-state index contributed by atoms with van der Waals surface area (Å²) in [6.07, 6.45) is 1.12.